The number of anilines is 1. The van der Waals surface area contributed by atoms with Gasteiger partial charge in [-0.25, -0.2) is 0 Å². The van der Waals surface area contributed by atoms with Crippen molar-refractivity contribution in [2.75, 3.05) is 25.1 Å². The highest BCUT2D eigenvalue weighted by molar-refractivity contribution is 5.81. The summed E-state index contributed by atoms with van der Waals surface area (Å²) in [4.78, 5) is 15.0. The van der Waals surface area contributed by atoms with Crippen LogP contribution in [0, 0.1) is 0 Å². The average molecular weight is 380 g/mol. The molecule has 2 aromatic rings. The van der Waals surface area contributed by atoms with E-state index < -0.39 is 0 Å². The van der Waals surface area contributed by atoms with Gasteiger partial charge in [-0.2, -0.15) is 0 Å². The topological polar surface area (TPSA) is 50.8 Å². The van der Waals surface area contributed by atoms with Crippen molar-refractivity contribution in [1.82, 2.24) is 5.32 Å². The van der Waals surface area contributed by atoms with Gasteiger partial charge in [0.05, 0.1) is 18.9 Å². The molecular formula is C23H28N2O3. The zero-order valence-electron chi connectivity index (χ0n) is 16.3. The van der Waals surface area contributed by atoms with Crippen LogP contribution in [0.15, 0.2) is 54.6 Å². The van der Waals surface area contributed by atoms with Crippen molar-refractivity contribution in [3.8, 4) is 5.75 Å². The Bertz CT molecular complexity index is 787. The van der Waals surface area contributed by atoms with E-state index in [9.17, 15) is 4.79 Å². The largest absolute Gasteiger partial charge is 0.495 e. The zero-order chi connectivity index (χ0) is 19.3. The number of piperidine rings is 1. The fourth-order valence-corrected chi connectivity index (χ4v) is 4.19. The lowest BCUT2D eigenvalue weighted by Gasteiger charge is -2.35. The Morgan fingerprint density at radius 2 is 1.71 bits per heavy atom. The van der Waals surface area contributed by atoms with Gasteiger partial charge in [-0.3, -0.25) is 4.79 Å². The van der Waals surface area contributed by atoms with E-state index >= 15 is 0 Å². The molecule has 0 unspecified atom stereocenters. The molecule has 0 radical (unpaired) electrons. The maximum atomic E-state index is 12.7. The summed E-state index contributed by atoms with van der Waals surface area (Å²) in [5, 5.41) is 3.21. The highest BCUT2D eigenvalue weighted by atomic mass is 16.5. The van der Waals surface area contributed by atoms with Crippen LogP contribution in [0.1, 0.15) is 37.4 Å². The van der Waals surface area contributed by atoms with Crippen molar-refractivity contribution >= 4 is 11.6 Å². The smallest absolute Gasteiger partial charge is 0.249 e. The van der Waals surface area contributed by atoms with E-state index in [1.54, 1.807) is 7.11 Å². The standard InChI is InChI=1S/C23H28N2O3/c1-27-21-10-6-5-9-19(21)25-15-13-18(14-16-25)24-23(26)22-12-11-20(28-22)17-7-3-2-4-8-17/h2-10,18,20,22H,11-16H2,1H3,(H,24,26)/t20-,22+/m0/s1. The van der Waals surface area contributed by atoms with Crippen molar-refractivity contribution in [3.63, 3.8) is 0 Å². The van der Waals surface area contributed by atoms with Gasteiger partial charge in [0.25, 0.3) is 0 Å². The van der Waals surface area contributed by atoms with E-state index in [0.717, 1.165) is 55.8 Å². The normalized spacial score (nSPS) is 22.8. The number of nitrogens with zero attached hydrogens (tertiary/aromatic N) is 1. The summed E-state index contributed by atoms with van der Waals surface area (Å²) < 4.78 is 11.5. The summed E-state index contributed by atoms with van der Waals surface area (Å²) in [6.07, 6.45) is 3.23. The lowest BCUT2D eigenvalue weighted by molar-refractivity contribution is -0.133. The second kappa shape index (κ2) is 8.65. The van der Waals surface area contributed by atoms with Crippen molar-refractivity contribution in [3.05, 3.63) is 60.2 Å². The number of nitrogens with one attached hydrogen (secondary N) is 1. The Balaban J connectivity index is 1.28. The molecule has 5 nitrogen and oxygen atoms in total. The minimum absolute atomic E-state index is 0.0318. The summed E-state index contributed by atoms with van der Waals surface area (Å²) in [7, 11) is 1.70. The van der Waals surface area contributed by atoms with E-state index in [0.29, 0.717) is 0 Å². The molecular weight excluding hydrogens is 352 g/mol. The third-order valence-corrected chi connectivity index (χ3v) is 5.75. The first-order chi connectivity index (χ1) is 13.7. The van der Waals surface area contributed by atoms with Crippen LogP contribution in [0.25, 0.3) is 0 Å². The monoisotopic (exact) mass is 380 g/mol. The van der Waals surface area contributed by atoms with E-state index in [4.69, 9.17) is 9.47 Å². The van der Waals surface area contributed by atoms with Crippen molar-refractivity contribution in [1.29, 1.82) is 0 Å². The van der Waals surface area contributed by atoms with Gasteiger partial charge in [-0.05, 0) is 43.4 Å². The first kappa shape index (κ1) is 18.8. The molecule has 0 aliphatic carbocycles. The molecule has 2 atom stereocenters. The molecule has 2 saturated heterocycles. The van der Waals surface area contributed by atoms with Gasteiger partial charge < -0.3 is 19.7 Å². The summed E-state index contributed by atoms with van der Waals surface area (Å²) in [6, 6.07) is 18.5. The number of hydrogen-bond acceptors (Lipinski definition) is 4. The molecule has 2 aromatic carbocycles. The van der Waals surface area contributed by atoms with E-state index in [2.05, 4.69) is 28.4 Å². The number of carbonyl (C=O) groups excluding carboxylic acids is 1. The van der Waals surface area contributed by atoms with Crippen LogP contribution < -0.4 is 15.0 Å². The van der Waals surface area contributed by atoms with Crippen LogP contribution in [0.4, 0.5) is 5.69 Å². The number of rotatable bonds is 5. The molecule has 0 spiro atoms. The fraction of sp³-hybridized carbons (Fsp3) is 0.435. The minimum Gasteiger partial charge on any atom is -0.495 e. The van der Waals surface area contributed by atoms with Crippen LogP contribution in [-0.2, 0) is 9.53 Å². The molecule has 28 heavy (non-hydrogen) atoms. The predicted molar refractivity (Wildman–Crippen MR) is 110 cm³/mol. The SMILES string of the molecule is COc1ccccc1N1CCC(NC(=O)[C@H]2CC[C@@H](c3ccccc3)O2)CC1. The molecule has 0 aromatic heterocycles. The summed E-state index contributed by atoms with van der Waals surface area (Å²) in [5.74, 6) is 0.936. The molecule has 2 fully saturated rings. The van der Waals surface area contributed by atoms with Crippen LogP contribution >= 0.6 is 0 Å². The summed E-state index contributed by atoms with van der Waals surface area (Å²) in [6.45, 7) is 1.81. The summed E-state index contributed by atoms with van der Waals surface area (Å²) >= 11 is 0. The number of hydrogen-bond donors (Lipinski definition) is 1. The Hall–Kier alpha value is -2.53. The van der Waals surface area contributed by atoms with Crippen LogP contribution in [0.3, 0.4) is 0 Å². The van der Waals surface area contributed by atoms with E-state index in [1.165, 1.54) is 0 Å². The van der Waals surface area contributed by atoms with Gasteiger partial charge in [0, 0.05) is 19.1 Å². The number of amides is 1. The first-order valence-corrected chi connectivity index (χ1v) is 10.1. The van der Waals surface area contributed by atoms with Crippen LogP contribution in [0.2, 0.25) is 0 Å². The number of ether oxygens (including phenoxy) is 2. The average Bonchev–Trinajstić information content (AvgIpc) is 3.25. The van der Waals surface area contributed by atoms with Crippen molar-refractivity contribution in [2.45, 2.75) is 43.9 Å². The number of para-hydroxylation sites is 2. The highest BCUT2D eigenvalue weighted by Gasteiger charge is 2.33. The molecule has 1 N–H and O–H groups in total. The van der Waals surface area contributed by atoms with E-state index in [1.807, 2.05) is 36.4 Å². The Kier molecular flexibility index (Phi) is 5.81. The van der Waals surface area contributed by atoms with Crippen LogP contribution in [0.5, 0.6) is 5.75 Å². The number of benzene rings is 2. The second-order valence-electron chi connectivity index (χ2n) is 7.54. The minimum atomic E-state index is -0.336. The highest BCUT2D eigenvalue weighted by Crippen LogP contribution is 2.33. The maximum absolute atomic E-state index is 12.7. The Morgan fingerprint density at radius 3 is 2.46 bits per heavy atom. The Morgan fingerprint density at radius 1 is 1.00 bits per heavy atom. The molecule has 1 amide bonds. The van der Waals surface area contributed by atoms with Gasteiger partial charge in [0.15, 0.2) is 0 Å². The Labute approximate surface area is 166 Å². The molecule has 0 saturated carbocycles. The van der Waals surface area contributed by atoms with Crippen LogP contribution in [-0.4, -0.2) is 38.3 Å². The molecule has 5 heteroatoms. The third kappa shape index (κ3) is 4.14. The molecule has 148 valence electrons. The lowest BCUT2D eigenvalue weighted by Crippen LogP contribution is -2.47. The maximum Gasteiger partial charge on any atom is 0.249 e. The number of carbonyl (C=O) groups is 1. The predicted octanol–water partition coefficient (Wildman–Crippen LogP) is 3.70. The molecule has 0 bridgehead atoms. The molecule has 2 aliphatic heterocycles. The quantitative estimate of drug-likeness (QED) is 0.859. The van der Waals surface area contributed by atoms with Gasteiger partial charge in [-0.1, -0.05) is 42.5 Å². The molecule has 2 aliphatic rings. The van der Waals surface area contributed by atoms with E-state index in [-0.39, 0.29) is 24.2 Å². The number of methoxy groups -OCH3 is 1. The van der Waals surface area contributed by atoms with Crippen molar-refractivity contribution < 1.29 is 14.3 Å². The van der Waals surface area contributed by atoms with Gasteiger partial charge in [-0.15, -0.1) is 0 Å². The second-order valence-corrected chi connectivity index (χ2v) is 7.54. The summed E-state index contributed by atoms with van der Waals surface area (Å²) in [5.41, 5.74) is 2.28. The third-order valence-electron chi connectivity index (χ3n) is 5.75. The fourth-order valence-electron chi connectivity index (χ4n) is 4.19. The van der Waals surface area contributed by atoms with Gasteiger partial charge in [0.2, 0.25) is 5.91 Å². The zero-order valence-corrected chi connectivity index (χ0v) is 16.3. The molecule has 2 heterocycles. The van der Waals surface area contributed by atoms with Crippen molar-refractivity contribution in [2.24, 2.45) is 0 Å². The lowest BCUT2D eigenvalue weighted by atomic mass is 10.0. The first-order valence-electron chi connectivity index (χ1n) is 10.1. The van der Waals surface area contributed by atoms with Gasteiger partial charge >= 0.3 is 0 Å². The van der Waals surface area contributed by atoms with Gasteiger partial charge in [0.1, 0.15) is 11.9 Å². The molecule has 4 rings (SSSR count).